The summed E-state index contributed by atoms with van der Waals surface area (Å²) in [6.45, 7) is 2.54. The zero-order chi connectivity index (χ0) is 13.2. The fourth-order valence-electron chi connectivity index (χ4n) is 3.67. The average molecular weight is 272 g/mol. The molecule has 0 bridgehead atoms. The van der Waals surface area contributed by atoms with E-state index in [1.165, 1.54) is 35.3 Å². The third kappa shape index (κ3) is 1.65. The highest BCUT2D eigenvalue weighted by atomic mass is 32.1. The van der Waals surface area contributed by atoms with E-state index < -0.39 is 0 Å². The van der Waals surface area contributed by atoms with Crippen LogP contribution in [0.1, 0.15) is 11.3 Å². The predicted molar refractivity (Wildman–Crippen MR) is 83.4 cm³/mol. The molecule has 3 heteroatoms. The number of fused-ring (bicyclic) bond motifs is 2. The fraction of sp³-hybridized carbons (Fsp3) is 0.500. The van der Waals surface area contributed by atoms with Crippen molar-refractivity contribution in [2.45, 2.75) is 11.8 Å². The molecule has 2 heterocycles. The van der Waals surface area contributed by atoms with E-state index in [2.05, 4.69) is 55.2 Å². The minimum atomic E-state index is 0.511. The van der Waals surface area contributed by atoms with Gasteiger partial charge in [0.15, 0.2) is 0 Å². The molecule has 2 fully saturated rings. The molecule has 2 aliphatic rings. The molecule has 0 radical (unpaired) electrons. The number of hydrogen-bond donors (Lipinski definition) is 0. The Kier molecular flexibility index (Phi) is 2.31. The first-order valence-corrected chi connectivity index (χ1v) is 7.80. The van der Waals surface area contributed by atoms with Gasteiger partial charge in [0.1, 0.15) is 0 Å². The van der Waals surface area contributed by atoms with Gasteiger partial charge in [0.05, 0.1) is 0 Å². The lowest BCUT2D eigenvalue weighted by Crippen LogP contribution is -2.21. The fourth-order valence-corrected chi connectivity index (χ4v) is 4.98. The molecule has 2 atom stereocenters. The van der Waals surface area contributed by atoms with Gasteiger partial charge in [0, 0.05) is 47.9 Å². The highest BCUT2D eigenvalue weighted by molar-refractivity contribution is 7.19. The number of likely N-dealkylation sites (N-methyl/N-ethyl adjacent to an activating group) is 1. The number of likely N-dealkylation sites (tertiary alicyclic amines) is 1. The third-order valence-electron chi connectivity index (χ3n) is 4.82. The number of hydrogen-bond acceptors (Lipinski definition) is 3. The molecular weight excluding hydrogens is 252 g/mol. The second-order valence-corrected chi connectivity index (χ2v) is 7.56. The summed E-state index contributed by atoms with van der Waals surface area (Å²) < 4.78 is 1.44. The molecule has 1 aliphatic heterocycles. The molecule has 0 spiro atoms. The van der Waals surface area contributed by atoms with E-state index in [0.29, 0.717) is 5.41 Å². The van der Waals surface area contributed by atoms with Crippen LogP contribution in [-0.2, 0) is 5.41 Å². The van der Waals surface area contributed by atoms with Gasteiger partial charge in [-0.2, -0.15) is 0 Å². The molecule has 1 aromatic carbocycles. The van der Waals surface area contributed by atoms with Crippen molar-refractivity contribution < 1.29 is 0 Å². The van der Waals surface area contributed by atoms with Crippen molar-refractivity contribution in [3.63, 3.8) is 0 Å². The van der Waals surface area contributed by atoms with Crippen LogP contribution in [-0.4, -0.2) is 39.1 Å². The van der Waals surface area contributed by atoms with Crippen LogP contribution in [0.15, 0.2) is 24.3 Å². The Balaban J connectivity index is 1.77. The maximum atomic E-state index is 2.49. The molecule has 1 aliphatic carbocycles. The van der Waals surface area contributed by atoms with Crippen molar-refractivity contribution in [2.75, 3.05) is 39.1 Å². The summed E-state index contributed by atoms with van der Waals surface area (Å²) in [6.07, 6.45) is 1.41. The van der Waals surface area contributed by atoms with E-state index in [0.717, 1.165) is 5.92 Å². The van der Waals surface area contributed by atoms with Gasteiger partial charge in [-0.15, -0.1) is 11.3 Å². The lowest BCUT2D eigenvalue weighted by atomic mass is 10.0. The number of nitrogens with zero attached hydrogens (tertiary/aromatic N) is 2. The number of anilines is 1. The van der Waals surface area contributed by atoms with Gasteiger partial charge < -0.3 is 9.80 Å². The van der Waals surface area contributed by atoms with Crippen molar-refractivity contribution >= 4 is 27.1 Å². The van der Waals surface area contributed by atoms with E-state index in [9.17, 15) is 0 Å². The molecule has 4 rings (SSSR count). The largest absolute Gasteiger partial charge is 0.378 e. The molecule has 2 nitrogen and oxygen atoms in total. The van der Waals surface area contributed by atoms with Crippen LogP contribution < -0.4 is 4.90 Å². The van der Waals surface area contributed by atoms with Crippen LogP contribution in [0.2, 0.25) is 0 Å². The monoisotopic (exact) mass is 272 g/mol. The van der Waals surface area contributed by atoms with Crippen molar-refractivity contribution in [2.24, 2.45) is 5.92 Å². The molecule has 2 unspecified atom stereocenters. The summed E-state index contributed by atoms with van der Waals surface area (Å²) >= 11 is 2.01. The van der Waals surface area contributed by atoms with Crippen LogP contribution in [0.3, 0.4) is 0 Å². The molecule has 19 heavy (non-hydrogen) atoms. The molecular formula is C16H20N2S. The van der Waals surface area contributed by atoms with E-state index in [1.54, 1.807) is 4.88 Å². The minimum Gasteiger partial charge on any atom is -0.378 e. The number of benzene rings is 1. The van der Waals surface area contributed by atoms with Gasteiger partial charge in [0.2, 0.25) is 0 Å². The predicted octanol–water partition coefficient (Wildman–Crippen LogP) is 3.17. The van der Waals surface area contributed by atoms with Crippen LogP contribution in [0.4, 0.5) is 5.69 Å². The van der Waals surface area contributed by atoms with Crippen molar-refractivity contribution in [1.29, 1.82) is 0 Å². The minimum absolute atomic E-state index is 0.511. The first kappa shape index (κ1) is 11.7. The molecule has 2 aromatic rings. The lowest BCUT2D eigenvalue weighted by molar-refractivity contribution is 0.364. The summed E-state index contributed by atoms with van der Waals surface area (Å²) in [5, 5.41) is 1.42. The lowest BCUT2D eigenvalue weighted by Gasteiger charge is -2.14. The van der Waals surface area contributed by atoms with Crippen LogP contribution >= 0.6 is 11.3 Å². The highest BCUT2D eigenvalue weighted by Gasteiger charge is 2.60. The third-order valence-corrected chi connectivity index (χ3v) is 6.16. The number of rotatable bonds is 2. The Labute approximate surface area is 118 Å². The number of piperidine rings is 1. The summed E-state index contributed by atoms with van der Waals surface area (Å²) in [5.41, 5.74) is 1.81. The second kappa shape index (κ2) is 3.74. The Hall–Kier alpha value is -1.06. The van der Waals surface area contributed by atoms with Gasteiger partial charge in [-0.3, -0.25) is 0 Å². The van der Waals surface area contributed by atoms with Crippen LogP contribution in [0.25, 0.3) is 10.1 Å². The normalized spacial score (nSPS) is 29.7. The Morgan fingerprint density at radius 2 is 2.16 bits per heavy atom. The quantitative estimate of drug-likeness (QED) is 0.828. The Morgan fingerprint density at radius 3 is 2.84 bits per heavy atom. The van der Waals surface area contributed by atoms with Crippen molar-refractivity contribution in [3.05, 3.63) is 29.1 Å². The van der Waals surface area contributed by atoms with E-state index in [-0.39, 0.29) is 0 Å². The molecule has 0 N–H and O–H groups in total. The van der Waals surface area contributed by atoms with Gasteiger partial charge in [0.25, 0.3) is 0 Å². The molecule has 1 saturated carbocycles. The molecule has 100 valence electrons. The zero-order valence-corrected chi connectivity index (χ0v) is 12.6. The van der Waals surface area contributed by atoms with Gasteiger partial charge in [-0.1, -0.05) is 0 Å². The summed E-state index contributed by atoms with van der Waals surface area (Å²) in [7, 11) is 6.47. The SMILES string of the molecule is CN1CC2CC2(c2cc3cc(N(C)C)ccc3s2)C1. The average Bonchev–Trinajstić information content (AvgIpc) is 2.77. The summed E-state index contributed by atoms with van der Waals surface area (Å²) in [4.78, 5) is 6.29. The van der Waals surface area contributed by atoms with Gasteiger partial charge in [-0.25, -0.2) is 0 Å². The van der Waals surface area contributed by atoms with Crippen LogP contribution in [0.5, 0.6) is 0 Å². The number of thiophene rings is 1. The summed E-state index contributed by atoms with van der Waals surface area (Å²) in [6, 6.07) is 9.28. The van der Waals surface area contributed by atoms with E-state index in [4.69, 9.17) is 0 Å². The standard InChI is InChI=1S/C16H20N2S/c1-17(2)13-4-5-14-11(6-13)7-15(19-14)16-8-12(16)9-18(3)10-16/h4-7,12H,8-10H2,1-3H3. The molecule has 1 saturated heterocycles. The summed E-state index contributed by atoms with van der Waals surface area (Å²) in [5.74, 6) is 0.916. The topological polar surface area (TPSA) is 6.48 Å². The van der Waals surface area contributed by atoms with E-state index in [1.807, 2.05) is 11.3 Å². The first-order chi connectivity index (χ1) is 9.08. The van der Waals surface area contributed by atoms with Gasteiger partial charge >= 0.3 is 0 Å². The van der Waals surface area contributed by atoms with Gasteiger partial charge in [-0.05, 0) is 49.0 Å². The van der Waals surface area contributed by atoms with Crippen molar-refractivity contribution in [1.82, 2.24) is 4.90 Å². The highest BCUT2D eigenvalue weighted by Crippen LogP contribution is 2.60. The second-order valence-electron chi connectivity index (χ2n) is 6.48. The maximum absolute atomic E-state index is 2.49. The molecule has 1 aromatic heterocycles. The van der Waals surface area contributed by atoms with Crippen LogP contribution in [0, 0.1) is 5.92 Å². The van der Waals surface area contributed by atoms with Crippen molar-refractivity contribution in [3.8, 4) is 0 Å². The Bertz CT molecular complexity index is 645. The Morgan fingerprint density at radius 1 is 1.32 bits per heavy atom. The van der Waals surface area contributed by atoms with E-state index >= 15 is 0 Å². The zero-order valence-electron chi connectivity index (χ0n) is 11.8. The maximum Gasteiger partial charge on any atom is 0.0368 e. The first-order valence-electron chi connectivity index (χ1n) is 6.98. The smallest absolute Gasteiger partial charge is 0.0368 e. The molecule has 0 amide bonds.